The Morgan fingerprint density at radius 1 is 1.62 bits per heavy atom. The largest absolute Gasteiger partial charge is 0.469 e. The maximum absolute atomic E-state index is 12.8. The van der Waals surface area contributed by atoms with Gasteiger partial charge < -0.3 is 10.5 Å². The number of esters is 1. The molecule has 1 aromatic carbocycles. The monoisotopic (exact) mass is 243 g/mol. The van der Waals surface area contributed by atoms with Gasteiger partial charge in [-0.3, -0.25) is 4.79 Å². The summed E-state index contributed by atoms with van der Waals surface area (Å²) in [5, 5.41) is 0. The second kappa shape index (κ2) is 5.75. The van der Waals surface area contributed by atoms with E-state index in [0.717, 1.165) is 4.90 Å². The molecular weight excluding hydrogens is 229 g/mol. The topological polar surface area (TPSA) is 52.3 Å². The van der Waals surface area contributed by atoms with E-state index >= 15 is 0 Å². The molecule has 0 spiro atoms. The van der Waals surface area contributed by atoms with Crippen molar-refractivity contribution in [1.82, 2.24) is 0 Å². The second-order valence-electron chi connectivity index (χ2n) is 3.42. The van der Waals surface area contributed by atoms with E-state index < -0.39 is 0 Å². The highest BCUT2D eigenvalue weighted by molar-refractivity contribution is 7.99. The molecule has 1 rings (SSSR count). The lowest BCUT2D eigenvalue weighted by molar-refractivity contribution is -0.143. The zero-order valence-corrected chi connectivity index (χ0v) is 10.0. The van der Waals surface area contributed by atoms with E-state index in [1.807, 2.05) is 0 Å². The fraction of sp³-hybridized carbons (Fsp3) is 0.364. The fourth-order valence-corrected chi connectivity index (χ4v) is 2.09. The Kier molecular flexibility index (Phi) is 4.61. The molecule has 0 fully saturated rings. The predicted octanol–water partition coefficient (Wildman–Crippen LogP) is 2.31. The van der Waals surface area contributed by atoms with Gasteiger partial charge in [-0.25, -0.2) is 4.39 Å². The molecule has 1 atom stereocenters. The summed E-state index contributed by atoms with van der Waals surface area (Å²) in [6.07, 6.45) is 0. The van der Waals surface area contributed by atoms with E-state index in [0.29, 0.717) is 11.4 Å². The van der Waals surface area contributed by atoms with Gasteiger partial charge in [0.25, 0.3) is 0 Å². The van der Waals surface area contributed by atoms with Crippen molar-refractivity contribution < 1.29 is 13.9 Å². The molecule has 3 nitrogen and oxygen atoms in total. The Hall–Kier alpha value is -1.23. The second-order valence-corrected chi connectivity index (χ2v) is 4.48. The highest BCUT2D eigenvalue weighted by Gasteiger charge is 2.14. The van der Waals surface area contributed by atoms with Gasteiger partial charge in [0, 0.05) is 16.3 Å². The van der Waals surface area contributed by atoms with Crippen LogP contribution in [0.15, 0.2) is 23.1 Å². The first-order chi connectivity index (χ1) is 7.54. The molecule has 0 heterocycles. The number of carbonyl (C=O) groups excluding carboxylic acids is 1. The van der Waals surface area contributed by atoms with Gasteiger partial charge in [-0.2, -0.15) is 0 Å². The molecule has 0 saturated heterocycles. The van der Waals surface area contributed by atoms with Crippen LogP contribution < -0.4 is 5.73 Å². The van der Waals surface area contributed by atoms with Crippen LogP contribution in [0.1, 0.15) is 6.92 Å². The molecule has 0 bridgehead atoms. The number of methoxy groups -OCH3 is 1. The number of carbonyl (C=O) groups is 1. The summed E-state index contributed by atoms with van der Waals surface area (Å²) in [4.78, 5) is 11.9. The van der Waals surface area contributed by atoms with Crippen LogP contribution in [0.25, 0.3) is 0 Å². The molecule has 1 unspecified atom stereocenters. The molecule has 0 radical (unpaired) electrons. The van der Waals surface area contributed by atoms with Crippen LogP contribution in [0.2, 0.25) is 0 Å². The van der Waals surface area contributed by atoms with Gasteiger partial charge >= 0.3 is 5.97 Å². The van der Waals surface area contributed by atoms with Gasteiger partial charge in [0.2, 0.25) is 0 Å². The zero-order valence-electron chi connectivity index (χ0n) is 9.20. The van der Waals surface area contributed by atoms with E-state index in [9.17, 15) is 9.18 Å². The first-order valence-corrected chi connectivity index (χ1v) is 5.78. The minimum Gasteiger partial charge on any atom is -0.469 e. The summed E-state index contributed by atoms with van der Waals surface area (Å²) in [5.74, 6) is -0.266. The Bertz CT molecular complexity index is 384. The van der Waals surface area contributed by atoms with Crippen LogP contribution in [0.4, 0.5) is 10.1 Å². The summed E-state index contributed by atoms with van der Waals surface area (Å²) in [6.45, 7) is 1.78. The minimum absolute atomic E-state index is 0.209. The van der Waals surface area contributed by atoms with Crippen molar-refractivity contribution in [3.05, 3.63) is 24.0 Å². The third kappa shape index (κ3) is 3.41. The van der Waals surface area contributed by atoms with E-state index in [1.165, 1.54) is 31.0 Å². The van der Waals surface area contributed by atoms with Crippen molar-refractivity contribution in [2.75, 3.05) is 18.6 Å². The maximum Gasteiger partial charge on any atom is 0.309 e. The van der Waals surface area contributed by atoms with Gasteiger partial charge in [0.1, 0.15) is 5.82 Å². The molecule has 0 aromatic heterocycles. The lowest BCUT2D eigenvalue weighted by atomic mass is 10.2. The van der Waals surface area contributed by atoms with E-state index in [2.05, 4.69) is 4.74 Å². The molecular formula is C11H14FNO2S. The number of halogens is 1. The molecule has 0 saturated carbocycles. The number of thioether (sulfide) groups is 1. The number of nitrogen functional groups attached to an aromatic ring is 1. The number of ether oxygens (including phenoxy) is 1. The van der Waals surface area contributed by atoms with Crippen LogP contribution in [-0.2, 0) is 9.53 Å². The molecule has 0 aliphatic rings. The summed E-state index contributed by atoms with van der Waals surface area (Å²) in [6, 6.07) is 4.23. The normalized spacial score (nSPS) is 12.2. The van der Waals surface area contributed by atoms with Gasteiger partial charge in [-0.1, -0.05) is 6.92 Å². The van der Waals surface area contributed by atoms with Crippen molar-refractivity contribution in [3.63, 3.8) is 0 Å². The molecule has 5 heteroatoms. The van der Waals surface area contributed by atoms with Crippen molar-refractivity contribution in [3.8, 4) is 0 Å². The number of hydrogen-bond donors (Lipinski definition) is 1. The smallest absolute Gasteiger partial charge is 0.309 e. The number of hydrogen-bond acceptors (Lipinski definition) is 4. The zero-order chi connectivity index (χ0) is 12.1. The standard InChI is InChI=1S/C11H14FNO2S/c1-7(11(14)15-2)6-16-10-4-3-8(12)5-9(10)13/h3-5,7H,6,13H2,1-2H3. The van der Waals surface area contributed by atoms with Crippen molar-refractivity contribution >= 4 is 23.4 Å². The average molecular weight is 243 g/mol. The fourth-order valence-electron chi connectivity index (χ4n) is 1.13. The molecule has 1 aromatic rings. The summed E-state index contributed by atoms with van der Waals surface area (Å²) >= 11 is 1.42. The summed E-state index contributed by atoms with van der Waals surface area (Å²) in [7, 11) is 1.36. The molecule has 88 valence electrons. The molecule has 2 N–H and O–H groups in total. The maximum atomic E-state index is 12.8. The third-order valence-electron chi connectivity index (χ3n) is 2.06. The van der Waals surface area contributed by atoms with Gasteiger partial charge in [-0.15, -0.1) is 11.8 Å². The molecule has 0 aliphatic carbocycles. The molecule has 0 amide bonds. The van der Waals surface area contributed by atoms with Crippen LogP contribution >= 0.6 is 11.8 Å². The number of rotatable bonds is 4. The third-order valence-corrected chi connectivity index (χ3v) is 3.41. The van der Waals surface area contributed by atoms with Crippen LogP contribution in [-0.4, -0.2) is 18.8 Å². The van der Waals surface area contributed by atoms with Gasteiger partial charge in [-0.05, 0) is 18.2 Å². The lowest BCUT2D eigenvalue weighted by Gasteiger charge is -2.09. The van der Waals surface area contributed by atoms with Gasteiger partial charge in [0.15, 0.2) is 0 Å². The highest BCUT2D eigenvalue weighted by atomic mass is 32.2. The Morgan fingerprint density at radius 3 is 2.88 bits per heavy atom. The first kappa shape index (κ1) is 12.8. The van der Waals surface area contributed by atoms with Crippen LogP contribution in [0.5, 0.6) is 0 Å². The van der Waals surface area contributed by atoms with E-state index in [-0.39, 0.29) is 17.7 Å². The Labute approximate surface area is 98.2 Å². The van der Waals surface area contributed by atoms with E-state index in [1.54, 1.807) is 13.0 Å². The van der Waals surface area contributed by atoms with Crippen LogP contribution in [0.3, 0.4) is 0 Å². The highest BCUT2D eigenvalue weighted by Crippen LogP contribution is 2.27. The SMILES string of the molecule is COC(=O)C(C)CSc1ccc(F)cc1N. The van der Waals surface area contributed by atoms with Crippen LogP contribution in [0, 0.1) is 11.7 Å². The quantitative estimate of drug-likeness (QED) is 0.501. The first-order valence-electron chi connectivity index (χ1n) is 4.80. The number of benzene rings is 1. The number of anilines is 1. The predicted molar refractivity (Wildman–Crippen MR) is 62.7 cm³/mol. The summed E-state index contributed by atoms with van der Waals surface area (Å²) in [5.41, 5.74) is 6.03. The molecule has 0 aliphatic heterocycles. The summed E-state index contributed by atoms with van der Waals surface area (Å²) < 4.78 is 17.4. The Morgan fingerprint density at radius 2 is 2.31 bits per heavy atom. The lowest BCUT2D eigenvalue weighted by Crippen LogP contribution is -2.14. The number of nitrogens with two attached hydrogens (primary N) is 1. The average Bonchev–Trinajstić information content (AvgIpc) is 2.26. The van der Waals surface area contributed by atoms with Crippen molar-refractivity contribution in [2.45, 2.75) is 11.8 Å². The van der Waals surface area contributed by atoms with Gasteiger partial charge in [0.05, 0.1) is 13.0 Å². The van der Waals surface area contributed by atoms with Crippen molar-refractivity contribution in [2.24, 2.45) is 5.92 Å². The van der Waals surface area contributed by atoms with E-state index in [4.69, 9.17) is 5.73 Å². The minimum atomic E-state index is -0.358. The van der Waals surface area contributed by atoms with Crippen molar-refractivity contribution in [1.29, 1.82) is 0 Å². The molecule has 16 heavy (non-hydrogen) atoms. The Balaban J connectivity index is 2.58.